The summed E-state index contributed by atoms with van der Waals surface area (Å²) in [5.41, 5.74) is 0.573. The van der Waals surface area contributed by atoms with Gasteiger partial charge in [-0.2, -0.15) is 0 Å². The molecule has 142 valence electrons. The summed E-state index contributed by atoms with van der Waals surface area (Å²) in [6, 6.07) is 6.33. The monoisotopic (exact) mass is 411 g/mol. The van der Waals surface area contributed by atoms with Crippen LogP contribution < -0.4 is 0 Å². The highest BCUT2D eigenvalue weighted by Crippen LogP contribution is 2.19. The van der Waals surface area contributed by atoms with Crippen LogP contribution in [0.4, 0.5) is 4.39 Å². The number of carbonyl (C=O) groups excluding carboxylic acids is 1. The highest BCUT2D eigenvalue weighted by atomic mass is 35.5. The molecule has 3 rings (SSSR count). The molecule has 0 aliphatic rings. The number of pyridine rings is 1. The quantitative estimate of drug-likeness (QED) is 0.603. The van der Waals surface area contributed by atoms with Crippen molar-refractivity contribution in [3.05, 3.63) is 64.8 Å². The Balaban J connectivity index is 1.81. The molecule has 0 aliphatic carbocycles. The maximum Gasteiger partial charge on any atom is 0.341 e. The van der Waals surface area contributed by atoms with Crippen LogP contribution in [0.15, 0.2) is 47.6 Å². The van der Waals surface area contributed by atoms with Crippen molar-refractivity contribution < 1.29 is 22.3 Å². The van der Waals surface area contributed by atoms with Crippen LogP contribution in [0.2, 0.25) is 5.02 Å². The van der Waals surface area contributed by atoms with E-state index < -0.39 is 27.4 Å². The van der Waals surface area contributed by atoms with Crippen LogP contribution in [0.25, 0.3) is 5.65 Å². The normalized spacial score (nSPS) is 11.9. The zero-order valence-corrected chi connectivity index (χ0v) is 16.0. The van der Waals surface area contributed by atoms with E-state index >= 15 is 0 Å². The van der Waals surface area contributed by atoms with E-state index in [-0.39, 0.29) is 11.5 Å². The van der Waals surface area contributed by atoms with Gasteiger partial charge in [0.1, 0.15) is 18.1 Å². The summed E-state index contributed by atoms with van der Waals surface area (Å²) in [6.45, 7) is -0.206. The minimum absolute atomic E-state index is 0.205. The van der Waals surface area contributed by atoms with Crippen molar-refractivity contribution in [3.8, 4) is 0 Å². The molecule has 10 heteroatoms. The predicted octanol–water partition coefficient (Wildman–Crippen LogP) is 2.73. The van der Waals surface area contributed by atoms with Gasteiger partial charge in [-0.25, -0.2) is 26.9 Å². The van der Waals surface area contributed by atoms with Gasteiger partial charge in [-0.05, 0) is 30.3 Å². The molecular weight excluding hydrogens is 397 g/mol. The molecule has 2 heterocycles. The first-order valence-corrected chi connectivity index (χ1v) is 9.52. The molecule has 0 atom stereocenters. The number of nitrogens with zero attached hydrogens (tertiary/aromatic N) is 3. The first-order chi connectivity index (χ1) is 12.7. The Morgan fingerprint density at radius 3 is 2.70 bits per heavy atom. The smallest absolute Gasteiger partial charge is 0.341 e. The van der Waals surface area contributed by atoms with Gasteiger partial charge in [0.15, 0.2) is 0 Å². The predicted molar refractivity (Wildman–Crippen MR) is 96.6 cm³/mol. The third kappa shape index (κ3) is 3.95. The molecule has 0 unspecified atom stereocenters. The van der Waals surface area contributed by atoms with Gasteiger partial charge in [0, 0.05) is 26.5 Å². The molecule has 0 N–H and O–H groups in total. The zero-order valence-electron chi connectivity index (χ0n) is 14.4. The lowest BCUT2D eigenvalue weighted by atomic mass is 10.2. The van der Waals surface area contributed by atoms with E-state index in [0.717, 1.165) is 22.5 Å². The Kier molecular flexibility index (Phi) is 5.18. The second-order valence-electron chi connectivity index (χ2n) is 5.85. The lowest BCUT2D eigenvalue weighted by Crippen LogP contribution is -2.22. The fourth-order valence-corrected chi connectivity index (χ4v) is 3.43. The van der Waals surface area contributed by atoms with Gasteiger partial charge >= 0.3 is 5.97 Å². The molecule has 0 bridgehead atoms. The molecule has 0 fully saturated rings. The molecule has 1 aromatic carbocycles. The number of rotatable bonds is 5. The lowest BCUT2D eigenvalue weighted by Gasteiger charge is -2.12. The molecule has 0 aliphatic heterocycles. The van der Waals surface area contributed by atoms with E-state index in [2.05, 4.69) is 4.98 Å². The van der Waals surface area contributed by atoms with Crippen LogP contribution >= 0.6 is 11.6 Å². The Morgan fingerprint density at radius 1 is 1.26 bits per heavy atom. The van der Waals surface area contributed by atoms with Crippen molar-refractivity contribution in [3.63, 3.8) is 0 Å². The average molecular weight is 412 g/mol. The largest absolute Gasteiger partial charge is 0.455 e. The molecule has 0 amide bonds. The standard InChI is InChI=1S/C17H15ClFN3O4S/c1-21(2)27(24,25)13-4-5-15(19)14(7-13)17(23)26-10-12-9-22-8-11(18)3-6-16(22)20-12/h3-9H,10H2,1-2H3. The first-order valence-electron chi connectivity index (χ1n) is 7.71. The SMILES string of the molecule is CN(C)S(=O)(=O)c1ccc(F)c(C(=O)OCc2cn3cc(Cl)ccc3n2)c1. The summed E-state index contributed by atoms with van der Waals surface area (Å²) in [4.78, 5) is 16.3. The number of hydrogen-bond acceptors (Lipinski definition) is 5. The maximum atomic E-state index is 14.0. The van der Waals surface area contributed by atoms with E-state index in [9.17, 15) is 17.6 Å². The van der Waals surface area contributed by atoms with Crippen LogP contribution in [-0.2, 0) is 21.4 Å². The van der Waals surface area contributed by atoms with Crippen LogP contribution in [0.1, 0.15) is 16.1 Å². The number of aromatic nitrogens is 2. The van der Waals surface area contributed by atoms with Crippen molar-refractivity contribution in [1.29, 1.82) is 0 Å². The van der Waals surface area contributed by atoms with Gasteiger partial charge in [-0.1, -0.05) is 11.6 Å². The van der Waals surface area contributed by atoms with Crippen molar-refractivity contribution in [2.75, 3.05) is 14.1 Å². The lowest BCUT2D eigenvalue weighted by molar-refractivity contribution is 0.0462. The summed E-state index contributed by atoms with van der Waals surface area (Å²) < 4.78 is 46.0. The molecule has 2 aromatic heterocycles. The Labute approximate surface area is 160 Å². The van der Waals surface area contributed by atoms with Crippen molar-refractivity contribution in [2.45, 2.75) is 11.5 Å². The number of hydrogen-bond donors (Lipinski definition) is 0. The number of esters is 1. The van der Waals surface area contributed by atoms with E-state index in [1.807, 2.05) is 0 Å². The summed E-state index contributed by atoms with van der Waals surface area (Å²) in [5.74, 6) is -1.86. The number of sulfonamides is 1. The number of ether oxygens (including phenoxy) is 1. The Bertz CT molecular complexity index is 1130. The molecular formula is C17H15ClFN3O4S. The van der Waals surface area contributed by atoms with E-state index in [1.54, 1.807) is 28.9 Å². The molecule has 3 aromatic rings. The summed E-state index contributed by atoms with van der Waals surface area (Å²) in [6.07, 6.45) is 3.27. The fourth-order valence-electron chi connectivity index (χ4n) is 2.34. The van der Waals surface area contributed by atoms with E-state index in [1.165, 1.54) is 14.1 Å². The molecule has 27 heavy (non-hydrogen) atoms. The van der Waals surface area contributed by atoms with Gasteiger partial charge in [0.2, 0.25) is 10.0 Å². The van der Waals surface area contributed by atoms with Gasteiger partial charge in [0.25, 0.3) is 0 Å². The third-order valence-corrected chi connectivity index (χ3v) is 5.79. The van der Waals surface area contributed by atoms with Crippen LogP contribution in [0.3, 0.4) is 0 Å². The fraction of sp³-hybridized carbons (Fsp3) is 0.176. The highest BCUT2D eigenvalue weighted by molar-refractivity contribution is 7.89. The number of imidazole rings is 1. The molecule has 7 nitrogen and oxygen atoms in total. The Hall–Kier alpha value is -2.49. The summed E-state index contributed by atoms with van der Waals surface area (Å²) >= 11 is 5.90. The van der Waals surface area contributed by atoms with Crippen LogP contribution in [0, 0.1) is 5.82 Å². The summed E-state index contributed by atoms with van der Waals surface area (Å²) in [7, 11) is -1.13. The number of halogens is 2. The second-order valence-corrected chi connectivity index (χ2v) is 8.44. The molecule has 0 radical (unpaired) electrons. The number of carbonyl (C=O) groups is 1. The topological polar surface area (TPSA) is 81.0 Å². The van der Waals surface area contributed by atoms with Crippen LogP contribution in [-0.4, -0.2) is 42.2 Å². The number of benzene rings is 1. The second kappa shape index (κ2) is 7.26. The highest BCUT2D eigenvalue weighted by Gasteiger charge is 2.22. The van der Waals surface area contributed by atoms with Crippen LogP contribution in [0.5, 0.6) is 0 Å². The van der Waals surface area contributed by atoms with Gasteiger partial charge in [-0.15, -0.1) is 0 Å². The minimum Gasteiger partial charge on any atom is -0.455 e. The molecule has 0 spiro atoms. The van der Waals surface area contributed by atoms with Crippen molar-refractivity contribution in [2.24, 2.45) is 0 Å². The van der Waals surface area contributed by atoms with Gasteiger partial charge < -0.3 is 9.14 Å². The van der Waals surface area contributed by atoms with Gasteiger partial charge in [-0.3, -0.25) is 0 Å². The zero-order chi connectivity index (χ0) is 19.8. The maximum absolute atomic E-state index is 14.0. The van der Waals surface area contributed by atoms with Crippen molar-refractivity contribution >= 4 is 33.2 Å². The van der Waals surface area contributed by atoms with E-state index in [4.69, 9.17) is 16.3 Å². The first kappa shape index (κ1) is 19.3. The van der Waals surface area contributed by atoms with E-state index in [0.29, 0.717) is 16.4 Å². The molecule has 0 saturated carbocycles. The van der Waals surface area contributed by atoms with Gasteiger partial charge in [0.05, 0.1) is 21.2 Å². The third-order valence-electron chi connectivity index (χ3n) is 3.75. The minimum atomic E-state index is -3.81. The number of fused-ring (bicyclic) bond motifs is 1. The summed E-state index contributed by atoms with van der Waals surface area (Å²) in [5, 5.41) is 0.518. The Morgan fingerprint density at radius 2 is 2.00 bits per heavy atom. The van der Waals surface area contributed by atoms with Crippen molar-refractivity contribution in [1.82, 2.24) is 13.7 Å². The molecule has 0 saturated heterocycles. The average Bonchev–Trinajstić information content (AvgIpc) is 3.01.